The van der Waals surface area contributed by atoms with E-state index in [0.717, 1.165) is 5.56 Å². The van der Waals surface area contributed by atoms with E-state index in [0.29, 0.717) is 11.3 Å². The molecule has 70 valence electrons. The number of anilines is 1. The molecule has 0 aliphatic carbocycles. The summed E-state index contributed by atoms with van der Waals surface area (Å²) in [6.07, 6.45) is 0. The number of hydrogen-bond donors (Lipinski definition) is 2. The summed E-state index contributed by atoms with van der Waals surface area (Å²) in [4.78, 5) is 0. The Labute approximate surface area is 82.6 Å². The van der Waals surface area contributed by atoms with Gasteiger partial charge in [0.25, 0.3) is 0 Å². The molecule has 0 saturated heterocycles. The minimum absolute atomic E-state index is 0.219. The number of rotatable bonds is 1. The SMILES string of the molecule is Nc1cccc(O)c1-c1ccccc1. The average Bonchev–Trinajstić information content (AvgIpc) is 2.19. The minimum atomic E-state index is 0.219. The Morgan fingerprint density at radius 2 is 1.57 bits per heavy atom. The van der Waals surface area contributed by atoms with Crippen LogP contribution in [0.15, 0.2) is 48.5 Å². The van der Waals surface area contributed by atoms with Gasteiger partial charge in [0.2, 0.25) is 0 Å². The molecule has 0 aromatic heterocycles. The zero-order valence-electron chi connectivity index (χ0n) is 7.64. The fourth-order valence-corrected chi connectivity index (χ4v) is 1.48. The zero-order chi connectivity index (χ0) is 9.97. The van der Waals surface area contributed by atoms with Gasteiger partial charge in [0.05, 0.1) is 0 Å². The van der Waals surface area contributed by atoms with E-state index in [1.54, 1.807) is 18.2 Å². The number of phenolic OH excluding ortho intramolecular Hbond substituents is 1. The first-order chi connectivity index (χ1) is 6.79. The maximum Gasteiger partial charge on any atom is 0.125 e. The van der Waals surface area contributed by atoms with Crippen LogP contribution in [0.25, 0.3) is 11.1 Å². The molecule has 0 atom stereocenters. The number of benzene rings is 2. The molecule has 0 radical (unpaired) electrons. The molecule has 0 spiro atoms. The highest BCUT2D eigenvalue weighted by Crippen LogP contribution is 2.33. The minimum Gasteiger partial charge on any atom is -0.507 e. The van der Waals surface area contributed by atoms with Gasteiger partial charge < -0.3 is 10.8 Å². The predicted octanol–water partition coefficient (Wildman–Crippen LogP) is 2.64. The lowest BCUT2D eigenvalue weighted by atomic mass is 10.0. The number of nitrogens with two attached hydrogens (primary N) is 1. The lowest BCUT2D eigenvalue weighted by molar-refractivity contribution is 0.477. The summed E-state index contributed by atoms with van der Waals surface area (Å²) in [5, 5.41) is 9.66. The van der Waals surface area contributed by atoms with Crippen molar-refractivity contribution in [2.75, 3.05) is 5.73 Å². The molecular weight excluding hydrogens is 174 g/mol. The molecule has 2 aromatic rings. The van der Waals surface area contributed by atoms with Crippen molar-refractivity contribution in [1.82, 2.24) is 0 Å². The van der Waals surface area contributed by atoms with Crippen molar-refractivity contribution in [3.8, 4) is 16.9 Å². The second-order valence-corrected chi connectivity index (χ2v) is 3.11. The van der Waals surface area contributed by atoms with Gasteiger partial charge in [0.1, 0.15) is 5.75 Å². The van der Waals surface area contributed by atoms with Crippen LogP contribution in [0.4, 0.5) is 5.69 Å². The quantitative estimate of drug-likeness (QED) is 0.671. The van der Waals surface area contributed by atoms with E-state index in [1.807, 2.05) is 30.3 Å². The first-order valence-electron chi connectivity index (χ1n) is 4.42. The summed E-state index contributed by atoms with van der Waals surface area (Å²) in [7, 11) is 0. The van der Waals surface area contributed by atoms with Crippen LogP contribution >= 0.6 is 0 Å². The average molecular weight is 185 g/mol. The van der Waals surface area contributed by atoms with Gasteiger partial charge in [0.15, 0.2) is 0 Å². The van der Waals surface area contributed by atoms with E-state index in [2.05, 4.69) is 0 Å². The third kappa shape index (κ3) is 1.42. The smallest absolute Gasteiger partial charge is 0.125 e. The van der Waals surface area contributed by atoms with Crippen LogP contribution < -0.4 is 5.73 Å². The molecule has 2 nitrogen and oxygen atoms in total. The Kier molecular flexibility index (Phi) is 2.11. The van der Waals surface area contributed by atoms with Gasteiger partial charge in [-0.15, -0.1) is 0 Å². The van der Waals surface area contributed by atoms with Gasteiger partial charge in [-0.05, 0) is 17.7 Å². The van der Waals surface area contributed by atoms with E-state index in [9.17, 15) is 5.11 Å². The summed E-state index contributed by atoms with van der Waals surface area (Å²) in [5.74, 6) is 0.219. The predicted molar refractivity (Wildman–Crippen MR) is 58.0 cm³/mol. The van der Waals surface area contributed by atoms with Crippen molar-refractivity contribution >= 4 is 5.69 Å². The van der Waals surface area contributed by atoms with E-state index in [1.165, 1.54) is 0 Å². The fourth-order valence-electron chi connectivity index (χ4n) is 1.48. The third-order valence-electron chi connectivity index (χ3n) is 2.14. The van der Waals surface area contributed by atoms with Crippen LogP contribution in [0, 0.1) is 0 Å². The number of hydrogen-bond acceptors (Lipinski definition) is 2. The normalized spacial score (nSPS) is 10.0. The van der Waals surface area contributed by atoms with Crippen LogP contribution in [0.3, 0.4) is 0 Å². The second-order valence-electron chi connectivity index (χ2n) is 3.11. The standard InChI is InChI=1S/C12H11NO/c13-10-7-4-8-11(14)12(10)9-5-2-1-3-6-9/h1-8,14H,13H2. The third-order valence-corrected chi connectivity index (χ3v) is 2.14. The van der Waals surface area contributed by atoms with Gasteiger partial charge in [-0.1, -0.05) is 36.4 Å². The van der Waals surface area contributed by atoms with E-state index in [-0.39, 0.29) is 5.75 Å². The molecule has 0 unspecified atom stereocenters. The van der Waals surface area contributed by atoms with E-state index >= 15 is 0 Å². The second kappa shape index (κ2) is 3.42. The van der Waals surface area contributed by atoms with Crippen LogP contribution in [0.2, 0.25) is 0 Å². The van der Waals surface area contributed by atoms with Gasteiger partial charge in [-0.25, -0.2) is 0 Å². The lowest BCUT2D eigenvalue weighted by Gasteiger charge is -2.07. The van der Waals surface area contributed by atoms with Gasteiger partial charge in [-0.3, -0.25) is 0 Å². The van der Waals surface area contributed by atoms with Crippen molar-refractivity contribution in [3.05, 3.63) is 48.5 Å². The summed E-state index contributed by atoms with van der Waals surface area (Å²) < 4.78 is 0. The maximum absolute atomic E-state index is 9.66. The van der Waals surface area contributed by atoms with Crippen molar-refractivity contribution < 1.29 is 5.11 Å². The van der Waals surface area contributed by atoms with Crippen LogP contribution in [-0.4, -0.2) is 5.11 Å². The number of aromatic hydroxyl groups is 1. The van der Waals surface area contributed by atoms with Gasteiger partial charge >= 0.3 is 0 Å². The Bertz CT molecular complexity index is 417. The maximum atomic E-state index is 9.66. The molecule has 3 N–H and O–H groups in total. The largest absolute Gasteiger partial charge is 0.507 e. The van der Waals surface area contributed by atoms with Crippen LogP contribution in [0.5, 0.6) is 5.75 Å². The molecular formula is C12H11NO. The molecule has 0 heterocycles. The molecule has 0 fully saturated rings. The van der Waals surface area contributed by atoms with E-state index < -0.39 is 0 Å². The van der Waals surface area contributed by atoms with Crippen molar-refractivity contribution in [2.24, 2.45) is 0 Å². The van der Waals surface area contributed by atoms with Crippen molar-refractivity contribution in [3.63, 3.8) is 0 Å². The molecule has 2 aromatic carbocycles. The monoisotopic (exact) mass is 185 g/mol. The first-order valence-corrected chi connectivity index (χ1v) is 4.42. The Hall–Kier alpha value is -1.96. The van der Waals surface area contributed by atoms with E-state index in [4.69, 9.17) is 5.73 Å². The molecule has 2 heteroatoms. The highest BCUT2D eigenvalue weighted by molar-refractivity contribution is 5.81. The Morgan fingerprint density at radius 3 is 2.21 bits per heavy atom. The Morgan fingerprint density at radius 1 is 0.857 bits per heavy atom. The summed E-state index contributed by atoms with van der Waals surface area (Å²) in [6.45, 7) is 0. The first kappa shape index (κ1) is 8.63. The molecule has 0 saturated carbocycles. The van der Waals surface area contributed by atoms with Gasteiger partial charge in [0, 0.05) is 11.3 Å². The zero-order valence-corrected chi connectivity index (χ0v) is 7.64. The van der Waals surface area contributed by atoms with Crippen LogP contribution in [0.1, 0.15) is 0 Å². The fraction of sp³-hybridized carbons (Fsp3) is 0. The highest BCUT2D eigenvalue weighted by Gasteiger charge is 2.06. The summed E-state index contributed by atoms with van der Waals surface area (Å²) >= 11 is 0. The van der Waals surface area contributed by atoms with Crippen molar-refractivity contribution in [2.45, 2.75) is 0 Å². The molecule has 14 heavy (non-hydrogen) atoms. The molecule has 0 bridgehead atoms. The highest BCUT2D eigenvalue weighted by atomic mass is 16.3. The number of nitrogen functional groups attached to an aromatic ring is 1. The molecule has 0 aliphatic heterocycles. The lowest BCUT2D eigenvalue weighted by Crippen LogP contribution is -1.89. The number of phenols is 1. The molecule has 0 amide bonds. The van der Waals surface area contributed by atoms with Crippen LogP contribution in [-0.2, 0) is 0 Å². The summed E-state index contributed by atoms with van der Waals surface area (Å²) in [5.41, 5.74) is 8.02. The molecule has 2 rings (SSSR count). The topological polar surface area (TPSA) is 46.2 Å². The van der Waals surface area contributed by atoms with Gasteiger partial charge in [-0.2, -0.15) is 0 Å². The molecule has 0 aliphatic rings. The summed E-state index contributed by atoms with van der Waals surface area (Å²) in [6, 6.07) is 14.8. The Balaban J connectivity index is 2.63. The van der Waals surface area contributed by atoms with Crippen molar-refractivity contribution in [1.29, 1.82) is 0 Å².